The van der Waals surface area contributed by atoms with E-state index in [0.717, 1.165) is 21.6 Å². The van der Waals surface area contributed by atoms with Gasteiger partial charge >= 0.3 is 0 Å². The number of rotatable bonds is 6. The molecule has 140 valence electrons. The fourth-order valence-corrected chi connectivity index (χ4v) is 3.47. The Bertz CT molecular complexity index is 1110. The number of hydrogen-bond acceptors (Lipinski definition) is 6. The highest BCUT2D eigenvalue weighted by Crippen LogP contribution is 2.32. The highest BCUT2D eigenvalue weighted by Gasteiger charge is 2.11. The van der Waals surface area contributed by atoms with Gasteiger partial charge in [0.25, 0.3) is 0 Å². The highest BCUT2D eigenvalue weighted by atomic mass is 35.5. The molecular weight excluding hydrogens is 392 g/mol. The van der Waals surface area contributed by atoms with Crippen LogP contribution in [0.4, 0.5) is 17.3 Å². The summed E-state index contributed by atoms with van der Waals surface area (Å²) in [6, 6.07) is 23.3. The molecule has 5 nitrogen and oxygen atoms in total. The molecule has 0 bridgehead atoms. The van der Waals surface area contributed by atoms with Crippen LogP contribution in [-0.4, -0.2) is 17.1 Å². The molecule has 1 aromatic heterocycles. The lowest BCUT2D eigenvalue weighted by Crippen LogP contribution is -2.02. The molecule has 0 unspecified atom stereocenters. The van der Waals surface area contributed by atoms with E-state index in [-0.39, 0.29) is 0 Å². The molecular formula is C21H17ClN4OS. The number of aromatic nitrogens is 2. The monoisotopic (exact) mass is 408 g/mol. The zero-order valence-electron chi connectivity index (χ0n) is 15.0. The lowest BCUT2D eigenvalue weighted by molar-refractivity contribution is 0.415. The Morgan fingerprint density at radius 2 is 1.54 bits per heavy atom. The smallest absolute Gasteiger partial charge is 0.180 e. The summed E-state index contributed by atoms with van der Waals surface area (Å²) in [6.07, 6.45) is 0. The minimum absolute atomic E-state index is 0.552. The van der Waals surface area contributed by atoms with Crippen molar-refractivity contribution < 1.29 is 4.74 Å². The van der Waals surface area contributed by atoms with Crippen LogP contribution in [0.5, 0.6) is 5.75 Å². The summed E-state index contributed by atoms with van der Waals surface area (Å²) in [7, 11) is 1.59. The van der Waals surface area contributed by atoms with Crippen LogP contribution in [0.3, 0.4) is 0 Å². The normalized spacial score (nSPS) is 10.6. The summed E-state index contributed by atoms with van der Waals surface area (Å²) in [5.74, 6) is 1.85. The van der Waals surface area contributed by atoms with Gasteiger partial charge in [0.15, 0.2) is 11.6 Å². The first-order chi connectivity index (χ1) is 13.7. The van der Waals surface area contributed by atoms with E-state index in [9.17, 15) is 0 Å². The van der Waals surface area contributed by atoms with Crippen LogP contribution in [0.15, 0.2) is 77.7 Å². The summed E-state index contributed by atoms with van der Waals surface area (Å²) >= 11 is 7.61. The van der Waals surface area contributed by atoms with Crippen molar-refractivity contribution in [3.05, 3.63) is 77.8 Å². The summed E-state index contributed by atoms with van der Waals surface area (Å²) in [6.45, 7) is 0. The number of para-hydroxylation sites is 2. The fraction of sp³-hybridized carbons (Fsp3) is 0.0476. The molecule has 0 amide bonds. The maximum Gasteiger partial charge on any atom is 0.180 e. The van der Waals surface area contributed by atoms with Gasteiger partial charge in [-0.1, -0.05) is 41.9 Å². The van der Waals surface area contributed by atoms with Gasteiger partial charge < -0.3 is 14.8 Å². The van der Waals surface area contributed by atoms with Gasteiger partial charge in [0.1, 0.15) is 5.75 Å². The number of methoxy groups -OCH3 is 1. The molecule has 0 radical (unpaired) electrons. The van der Waals surface area contributed by atoms with Crippen molar-refractivity contribution in [2.75, 3.05) is 17.1 Å². The molecule has 4 rings (SSSR count). The van der Waals surface area contributed by atoms with Crippen LogP contribution < -0.4 is 14.8 Å². The Kier molecular flexibility index (Phi) is 5.50. The lowest BCUT2D eigenvalue weighted by atomic mass is 10.3. The molecule has 0 atom stereocenters. The maximum atomic E-state index is 6.13. The largest absolute Gasteiger partial charge is 0.495 e. The van der Waals surface area contributed by atoms with E-state index >= 15 is 0 Å². The molecule has 0 saturated carbocycles. The molecule has 28 heavy (non-hydrogen) atoms. The Morgan fingerprint density at radius 1 is 0.857 bits per heavy atom. The average Bonchev–Trinajstić information content (AvgIpc) is 2.74. The van der Waals surface area contributed by atoms with Gasteiger partial charge in [-0.15, -0.1) is 0 Å². The molecule has 1 heterocycles. The van der Waals surface area contributed by atoms with E-state index < -0.39 is 0 Å². The Morgan fingerprint density at radius 3 is 2.25 bits per heavy atom. The van der Waals surface area contributed by atoms with E-state index in [0.29, 0.717) is 22.4 Å². The van der Waals surface area contributed by atoms with Crippen LogP contribution in [0.25, 0.3) is 11.0 Å². The van der Waals surface area contributed by atoms with Crippen molar-refractivity contribution >= 4 is 51.9 Å². The van der Waals surface area contributed by atoms with Crippen LogP contribution in [0, 0.1) is 0 Å². The number of nitrogens with zero attached hydrogens (tertiary/aromatic N) is 2. The zero-order valence-corrected chi connectivity index (χ0v) is 16.6. The summed E-state index contributed by atoms with van der Waals surface area (Å²) in [4.78, 5) is 10.5. The van der Waals surface area contributed by atoms with Crippen LogP contribution in [0.2, 0.25) is 5.02 Å². The van der Waals surface area contributed by atoms with Gasteiger partial charge in [-0.3, -0.25) is 0 Å². The van der Waals surface area contributed by atoms with Gasteiger partial charge in [-0.2, -0.15) is 0 Å². The van der Waals surface area contributed by atoms with Crippen molar-refractivity contribution in [2.24, 2.45) is 0 Å². The molecule has 0 spiro atoms. The van der Waals surface area contributed by atoms with Crippen molar-refractivity contribution in [1.82, 2.24) is 9.97 Å². The zero-order chi connectivity index (χ0) is 19.3. The SMILES string of the molecule is COc1cc(Nc2nc3ccccc3nc2NSc2ccccc2)ccc1Cl. The van der Waals surface area contributed by atoms with Crippen LogP contribution in [-0.2, 0) is 0 Å². The number of nitrogens with one attached hydrogen (secondary N) is 2. The van der Waals surface area contributed by atoms with Crippen molar-refractivity contribution in [1.29, 1.82) is 0 Å². The van der Waals surface area contributed by atoms with Gasteiger partial charge in [-0.05, 0) is 48.3 Å². The molecule has 0 saturated heterocycles. The molecule has 0 aliphatic carbocycles. The second-order valence-corrected chi connectivity index (χ2v) is 7.19. The van der Waals surface area contributed by atoms with Gasteiger partial charge in [-0.25, -0.2) is 9.97 Å². The number of halogens is 1. The summed E-state index contributed by atoms with van der Waals surface area (Å²) in [5, 5.41) is 3.87. The van der Waals surface area contributed by atoms with Crippen LogP contribution in [0.1, 0.15) is 0 Å². The molecule has 7 heteroatoms. The highest BCUT2D eigenvalue weighted by molar-refractivity contribution is 8.00. The van der Waals surface area contributed by atoms with Crippen molar-refractivity contribution in [3.8, 4) is 5.75 Å². The number of anilines is 3. The number of benzene rings is 3. The predicted octanol–water partition coefficient (Wildman–Crippen LogP) is 6.15. The standard InChI is InChI=1S/C21H17ClN4OS/c1-27-19-13-14(11-12-16(19)22)23-20-21(26-28-15-7-3-2-4-8-15)25-18-10-6-5-9-17(18)24-20/h2-13H,1H3,(H,23,24)(H,25,26). The predicted molar refractivity (Wildman–Crippen MR) is 117 cm³/mol. The molecule has 3 aromatic carbocycles. The Hall–Kier alpha value is -2.96. The van der Waals surface area contributed by atoms with E-state index in [2.05, 4.69) is 10.0 Å². The first kappa shape index (κ1) is 18.4. The first-order valence-electron chi connectivity index (χ1n) is 8.58. The van der Waals surface area contributed by atoms with Crippen molar-refractivity contribution in [3.63, 3.8) is 0 Å². The van der Waals surface area contributed by atoms with Gasteiger partial charge in [0.05, 0.1) is 23.2 Å². The minimum Gasteiger partial charge on any atom is -0.495 e. The topological polar surface area (TPSA) is 59.1 Å². The Labute approximate surface area is 172 Å². The number of fused-ring (bicyclic) bond motifs is 1. The quantitative estimate of drug-likeness (QED) is 0.373. The van der Waals surface area contributed by atoms with Gasteiger partial charge in [0, 0.05) is 16.6 Å². The van der Waals surface area contributed by atoms with Gasteiger partial charge in [0.2, 0.25) is 0 Å². The van der Waals surface area contributed by atoms with E-state index in [4.69, 9.17) is 26.3 Å². The molecule has 4 aromatic rings. The molecule has 2 N–H and O–H groups in total. The maximum absolute atomic E-state index is 6.13. The fourth-order valence-electron chi connectivity index (χ4n) is 2.63. The van der Waals surface area contributed by atoms with E-state index in [1.807, 2.05) is 66.7 Å². The summed E-state index contributed by atoms with van der Waals surface area (Å²) in [5.41, 5.74) is 2.43. The lowest BCUT2D eigenvalue weighted by Gasteiger charge is -2.14. The third kappa shape index (κ3) is 4.13. The third-order valence-corrected chi connectivity index (χ3v) is 5.11. The second-order valence-electron chi connectivity index (χ2n) is 5.90. The first-order valence-corrected chi connectivity index (χ1v) is 9.77. The number of ether oxygens (including phenoxy) is 1. The summed E-state index contributed by atoms with van der Waals surface area (Å²) < 4.78 is 8.61. The Balaban J connectivity index is 1.68. The third-order valence-electron chi connectivity index (χ3n) is 3.99. The number of hydrogen-bond donors (Lipinski definition) is 2. The van der Waals surface area contributed by atoms with Crippen molar-refractivity contribution in [2.45, 2.75) is 4.90 Å². The molecule has 0 aliphatic rings. The molecule has 0 aliphatic heterocycles. The van der Waals surface area contributed by atoms with E-state index in [1.54, 1.807) is 13.2 Å². The van der Waals surface area contributed by atoms with Crippen LogP contribution >= 0.6 is 23.5 Å². The molecule has 0 fully saturated rings. The second kappa shape index (κ2) is 8.37. The van der Waals surface area contributed by atoms with E-state index in [1.165, 1.54) is 11.9 Å². The average molecular weight is 409 g/mol. The minimum atomic E-state index is 0.552.